The minimum absolute atomic E-state index is 0.0727. The van der Waals surface area contributed by atoms with Gasteiger partial charge in [0.1, 0.15) is 0 Å². The fourth-order valence-corrected chi connectivity index (χ4v) is 2.66. The molecular weight excluding hydrogens is 252 g/mol. The Morgan fingerprint density at radius 1 is 1.39 bits per heavy atom. The van der Waals surface area contributed by atoms with Gasteiger partial charge >= 0.3 is 0 Å². The predicted octanol–water partition coefficient (Wildman–Crippen LogP) is 0.866. The third-order valence-corrected chi connectivity index (χ3v) is 4.40. The lowest BCUT2D eigenvalue weighted by Crippen LogP contribution is -2.33. The first kappa shape index (κ1) is 14.9. The molecule has 0 aliphatic rings. The molecule has 0 radical (unpaired) electrons. The fourth-order valence-electron chi connectivity index (χ4n) is 1.60. The molecule has 0 aromatic heterocycles. The molecule has 1 atom stereocenters. The molecule has 0 aliphatic carbocycles. The Hall–Kier alpha value is -1.11. The van der Waals surface area contributed by atoms with Crippen LogP contribution in [-0.4, -0.2) is 40.5 Å². The van der Waals surface area contributed by atoms with Crippen LogP contribution in [0.2, 0.25) is 0 Å². The maximum Gasteiger partial charge on any atom is 0.180 e. The molecule has 1 unspecified atom stereocenters. The second-order valence-corrected chi connectivity index (χ2v) is 6.18. The standard InChI is InChI=1S/C12H20N2O3S/c1-3-18(15,16)12-7-5-4-6-11(12)14-10(8-13)9-17-2/h4-7,10,14H,3,8-9,13H2,1-2H3. The van der Waals surface area contributed by atoms with E-state index in [-0.39, 0.29) is 11.8 Å². The van der Waals surface area contributed by atoms with Crippen molar-refractivity contribution < 1.29 is 13.2 Å². The van der Waals surface area contributed by atoms with Crippen LogP contribution < -0.4 is 11.1 Å². The summed E-state index contributed by atoms with van der Waals surface area (Å²) in [5.41, 5.74) is 6.18. The minimum Gasteiger partial charge on any atom is -0.383 e. The molecule has 0 saturated carbocycles. The number of para-hydroxylation sites is 1. The largest absolute Gasteiger partial charge is 0.383 e. The fraction of sp³-hybridized carbons (Fsp3) is 0.500. The highest BCUT2D eigenvalue weighted by Gasteiger charge is 2.17. The van der Waals surface area contributed by atoms with Crippen LogP contribution in [0.3, 0.4) is 0 Å². The lowest BCUT2D eigenvalue weighted by atomic mass is 10.2. The van der Waals surface area contributed by atoms with Gasteiger partial charge in [0.15, 0.2) is 9.84 Å². The van der Waals surface area contributed by atoms with Crippen LogP contribution in [0.25, 0.3) is 0 Å². The lowest BCUT2D eigenvalue weighted by molar-refractivity contribution is 0.187. The van der Waals surface area contributed by atoms with Gasteiger partial charge in [-0.05, 0) is 12.1 Å². The molecule has 1 aromatic rings. The van der Waals surface area contributed by atoms with Gasteiger partial charge < -0.3 is 15.8 Å². The topological polar surface area (TPSA) is 81.4 Å². The molecule has 1 rings (SSSR count). The van der Waals surface area contributed by atoms with Crippen molar-refractivity contribution in [1.29, 1.82) is 0 Å². The molecule has 0 aliphatic heterocycles. The molecule has 0 fully saturated rings. The van der Waals surface area contributed by atoms with Gasteiger partial charge in [0.2, 0.25) is 0 Å². The Morgan fingerprint density at radius 3 is 2.61 bits per heavy atom. The van der Waals surface area contributed by atoms with E-state index in [9.17, 15) is 8.42 Å². The molecule has 0 heterocycles. The van der Waals surface area contributed by atoms with Crippen LogP contribution in [-0.2, 0) is 14.6 Å². The summed E-state index contributed by atoms with van der Waals surface area (Å²) in [5, 5.41) is 3.11. The van der Waals surface area contributed by atoms with Gasteiger partial charge in [0, 0.05) is 13.7 Å². The number of nitrogens with two attached hydrogens (primary N) is 1. The van der Waals surface area contributed by atoms with Crippen molar-refractivity contribution in [3.8, 4) is 0 Å². The van der Waals surface area contributed by atoms with Crippen molar-refractivity contribution in [2.24, 2.45) is 5.73 Å². The number of anilines is 1. The van der Waals surface area contributed by atoms with Gasteiger partial charge in [0.05, 0.1) is 29.0 Å². The summed E-state index contributed by atoms with van der Waals surface area (Å²) in [7, 11) is -1.66. The van der Waals surface area contributed by atoms with Gasteiger partial charge in [-0.1, -0.05) is 19.1 Å². The second kappa shape index (κ2) is 6.72. The van der Waals surface area contributed by atoms with E-state index in [0.717, 1.165) is 0 Å². The number of sulfone groups is 1. The van der Waals surface area contributed by atoms with E-state index >= 15 is 0 Å². The summed E-state index contributed by atoms with van der Waals surface area (Å²) >= 11 is 0. The summed E-state index contributed by atoms with van der Waals surface area (Å²) in [6, 6.07) is 6.73. The van der Waals surface area contributed by atoms with E-state index in [1.807, 2.05) is 0 Å². The maximum absolute atomic E-state index is 11.9. The average molecular weight is 272 g/mol. The van der Waals surface area contributed by atoms with Crippen molar-refractivity contribution in [1.82, 2.24) is 0 Å². The van der Waals surface area contributed by atoms with E-state index in [2.05, 4.69) is 5.32 Å². The van der Waals surface area contributed by atoms with Crippen molar-refractivity contribution in [2.75, 3.05) is 31.3 Å². The van der Waals surface area contributed by atoms with Crippen LogP contribution in [0.5, 0.6) is 0 Å². The number of benzene rings is 1. The highest BCUT2D eigenvalue weighted by atomic mass is 32.2. The van der Waals surface area contributed by atoms with Gasteiger partial charge in [-0.15, -0.1) is 0 Å². The Balaban J connectivity index is 3.03. The molecule has 6 heteroatoms. The van der Waals surface area contributed by atoms with Crippen molar-refractivity contribution in [3.63, 3.8) is 0 Å². The van der Waals surface area contributed by atoms with Gasteiger partial charge in [-0.25, -0.2) is 8.42 Å². The first-order valence-electron chi connectivity index (χ1n) is 5.82. The normalized spacial score (nSPS) is 13.3. The summed E-state index contributed by atoms with van der Waals surface area (Å²) in [6.07, 6.45) is 0. The zero-order chi connectivity index (χ0) is 13.6. The van der Waals surface area contributed by atoms with Gasteiger partial charge in [-0.3, -0.25) is 0 Å². The monoisotopic (exact) mass is 272 g/mol. The molecule has 3 N–H and O–H groups in total. The van der Waals surface area contributed by atoms with Crippen molar-refractivity contribution in [2.45, 2.75) is 17.9 Å². The van der Waals surface area contributed by atoms with Crippen LogP contribution in [0.4, 0.5) is 5.69 Å². The molecule has 0 amide bonds. The molecule has 0 bridgehead atoms. The van der Waals surface area contributed by atoms with E-state index in [1.54, 1.807) is 38.3 Å². The maximum atomic E-state index is 11.9. The molecule has 18 heavy (non-hydrogen) atoms. The Bertz CT molecular complexity index is 474. The molecule has 1 aromatic carbocycles. The van der Waals surface area contributed by atoms with Gasteiger partial charge in [-0.2, -0.15) is 0 Å². The van der Waals surface area contributed by atoms with Crippen LogP contribution in [0.1, 0.15) is 6.92 Å². The number of methoxy groups -OCH3 is 1. The summed E-state index contributed by atoms with van der Waals surface area (Å²) < 4.78 is 28.9. The number of hydrogen-bond acceptors (Lipinski definition) is 5. The lowest BCUT2D eigenvalue weighted by Gasteiger charge is -2.19. The summed E-state index contributed by atoms with van der Waals surface area (Å²) in [4.78, 5) is 0.307. The van der Waals surface area contributed by atoms with E-state index < -0.39 is 9.84 Å². The summed E-state index contributed by atoms with van der Waals surface area (Å²) in [6.45, 7) is 2.42. The summed E-state index contributed by atoms with van der Waals surface area (Å²) in [5.74, 6) is 0.0727. The Kier molecular flexibility index (Phi) is 5.58. The number of hydrogen-bond donors (Lipinski definition) is 2. The quantitative estimate of drug-likeness (QED) is 0.769. The van der Waals surface area contributed by atoms with Crippen molar-refractivity contribution >= 4 is 15.5 Å². The number of rotatable bonds is 7. The molecular formula is C12H20N2O3S. The predicted molar refractivity (Wildman–Crippen MR) is 72.5 cm³/mol. The van der Waals surface area contributed by atoms with Crippen LogP contribution in [0.15, 0.2) is 29.2 Å². The Labute approximate surface area is 108 Å². The van der Waals surface area contributed by atoms with Gasteiger partial charge in [0.25, 0.3) is 0 Å². The highest BCUT2D eigenvalue weighted by Crippen LogP contribution is 2.22. The SMILES string of the molecule is CCS(=O)(=O)c1ccccc1NC(CN)COC. The zero-order valence-corrected chi connectivity index (χ0v) is 11.5. The van der Waals surface area contributed by atoms with Crippen molar-refractivity contribution in [3.05, 3.63) is 24.3 Å². The van der Waals surface area contributed by atoms with E-state index in [4.69, 9.17) is 10.5 Å². The van der Waals surface area contributed by atoms with E-state index in [0.29, 0.717) is 23.7 Å². The first-order valence-corrected chi connectivity index (χ1v) is 7.47. The minimum atomic E-state index is -3.24. The number of ether oxygens (including phenoxy) is 1. The second-order valence-electron chi connectivity index (χ2n) is 3.93. The zero-order valence-electron chi connectivity index (χ0n) is 10.7. The smallest absolute Gasteiger partial charge is 0.180 e. The molecule has 5 nitrogen and oxygen atoms in total. The Morgan fingerprint density at radius 2 is 2.06 bits per heavy atom. The molecule has 0 saturated heterocycles. The average Bonchev–Trinajstić information content (AvgIpc) is 2.38. The third kappa shape index (κ3) is 3.69. The third-order valence-electron chi connectivity index (χ3n) is 2.61. The first-order chi connectivity index (χ1) is 8.55. The van der Waals surface area contributed by atoms with E-state index in [1.165, 1.54) is 0 Å². The molecule has 0 spiro atoms. The number of nitrogens with one attached hydrogen (secondary N) is 1. The molecule has 102 valence electrons. The van der Waals surface area contributed by atoms with Crippen LogP contribution >= 0.6 is 0 Å². The highest BCUT2D eigenvalue weighted by molar-refractivity contribution is 7.91. The van der Waals surface area contributed by atoms with Crippen LogP contribution in [0, 0.1) is 0 Å².